The molecule has 1 N–H and O–H groups in total. The van der Waals surface area contributed by atoms with Gasteiger partial charge in [-0.2, -0.15) is 0 Å². The van der Waals surface area contributed by atoms with Crippen molar-refractivity contribution in [2.75, 3.05) is 0 Å². The SMILES string of the molecule is O=S(=O)([O-])c1ccc2cc(O)c(S(=O)(=O)[O-])cc2c1.[Ag+2]. The van der Waals surface area contributed by atoms with Crippen LogP contribution in [0, 0.1) is 0 Å². The quantitative estimate of drug-likeness (QED) is 0.558. The van der Waals surface area contributed by atoms with Gasteiger partial charge in [-0.1, -0.05) is 6.07 Å². The van der Waals surface area contributed by atoms with Gasteiger partial charge < -0.3 is 14.2 Å². The Morgan fingerprint density at radius 1 is 0.850 bits per heavy atom. The summed E-state index contributed by atoms with van der Waals surface area (Å²) >= 11 is 0. The second-order valence-corrected chi connectivity index (χ2v) is 6.46. The molecule has 0 bridgehead atoms. The molecule has 0 aliphatic carbocycles. The fourth-order valence-corrected chi connectivity index (χ4v) is 2.69. The number of rotatable bonds is 2. The summed E-state index contributed by atoms with van der Waals surface area (Å²) in [4.78, 5) is -1.43. The molecule has 0 aliphatic rings. The Balaban J connectivity index is 0.00000200. The molecule has 0 spiro atoms. The van der Waals surface area contributed by atoms with Crippen LogP contribution in [0.2, 0.25) is 0 Å². The van der Waals surface area contributed by atoms with E-state index in [2.05, 4.69) is 0 Å². The summed E-state index contributed by atoms with van der Waals surface area (Å²) < 4.78 is 65.2. The minimum atomic E-state index is -4.90. The van der Waals surface area contributed by atoms with Gasteiger partial charge in [-0.3, -0.25) is 0 Å². The minimum absolute atomic E-state index is 0. The van der Waals surface area contributed by atoms with E-state index in [1.54, 1.807) is 0 Å². The van der Waals surface area contributed by atoms with Gasteiger partial charge in [0, 0.05) is 0 Å². The first-order chi connectivity index (χ1) is 8.59. The standard InChI is InChI=1S/C10H8O7S2.Ag/c11-9-4-6-1-2-8(18(12,13)14)3-7(6)5-10(9)19(15,16)17;/h1-5,11H,(H,12,13,14)(H,15,16,17);/q;+2/p-2. The number of hydrogen-bond acceptors (Lipinski definition) is 7. The molecule has 10 heteroatoms. The molecule has 0 aliphatic heterocycles. The van der Waals surface area contributed by atoms with Crippen LogP contribution in [0.5, 0.6) is 5.75 Å². The maximum absolute atomic E-state index is 10.9. The first-order valence-corrected chi connectivity index (χ1v) is 7.59. The Kier molecular flexibility index (Phi) is 4.66. The maximum atomic E-state index is 10.9. The third kappa shape index (κ3) is 3.38. The van der Waals surface area contributed by atoms with Gasteiger partial charge in [0.25, 0.3) is 0 Å². The van der Waals surface area contributed by atoms with Crippen molar-refractivity contribution in [2.24, 2.45) is 0 Å². The van der Waals surface area contributed by atoms with E-state index in [-0.39, 0.29) is 33.2 Å². The molecule has 0 unspecified atom stereocenters. The maximum Gasteiger partial charge on any atom is 2.00 e. The molecule has 0 heterocycles. The number of phenols is 1. The summed E-state index contributed by atoms with van der Waals surface area (Å²) in [5.74, 6) is -0.736. The van der Waals surface area contributed by atoms with E-state index in [0.717, 1.165) is 24.3 Å². The predicted molar refractivity (Wildman–Crippen MR) is 61.5 cm³/mol. The average molecular weight is 410 g/mol. The van der Waals surface area contributed by atoms with E-state index in [4.69, 9.17) is 0 Å². The first-order valence-electron chi connectivity index (χ1n) is 4.77. The summed E-state index contributed by atoms with van der Waals surface area (Å²) in [7, 11) is -9.59. The van der Waals surface area contributed by atoms with Crippen LogP contribution in [-0.2, 0) is 42.6 Å². The van der Waals surface area contributed by atoms with Crippen molar-refractivity contribution in [3.8, 4) is 5.75 Å². The van der Waals surface area contributed by atoms with E-state index in [1.165, 1.54) is 6.07 Å². The van der Waals surface area contributed by atoms with Crippen LogP contribution in [0.1, 0.15) is 0 Å². The van der Waals surface area contributed by atoms with E-state index < -0.39 is 35.8 Å². The Morgan fingerprint density at radius 2 is 1.45 bits per heavy atom. The Hall–Kier alpha value is -0.940. The second-order valence-electron chi connectivity index (χ2n) is 3.74. The minimum Gasteiger partial charge on any atom is -0.744 e. The molecular formula is C10H6AgO7S2. The number of benzene rings is 2. The number of phenolic OH excluding ortho intramolecular Hbond substituents is 1. The third-order valence-electron chi connectivity index (χ3n) is 2.45. The van der Waals surface area contributed by atoms with Crippen LogP contribution < -0.4 is 0 Å². The van der Waals surface area contributed by atoms with Crippen molar-refractivity contribution in [3.05, 3.63) is 30.3 Å². The summed E-state index contributed by atoms with van der Waals surface area (Å²) in [5, 5.41) is 9.75. The zero-order valence-electron chi connectivity index (χ0n) is 9.40. The predicted octanol–water partition coefficient (Wildman–Crippen LogP) is 0.351. The van der Waals surface area contributed by atoms with E-state index >= 15 is 0 Å². The van der Waals surface area contributed by atoms with Crippen molar-refractivity contribution in [3.63, 3.8) is 0 Å². The molecule has 1 radical (unpaired) electrons. The van der Waals surface area contributed by atoms with Gasteiger partial charge in [0.05, 0.1) is 9.79 Å². The van der Waals surface area contributed by atoms with Crippen LogP contribution in [0.3, 0.4) is 0 Å². The second kappa shape index (κ2) is 5.45. The Morgan fingerprint density at radius 3 is 1.95 bits per heavy atom. The zero-order valence-corrected chi connectivity index (χ0v) is 12.5. The van der Waals surface area contributed by atoms with Crippen LogP contribution in [0.4, 0.5) is 0 Å². The molecule has 2 aromatic carbocycles. The summed E-state index contributed by atoms with van der Waals surface area (Å²) in [6, 6.07) is 5.01. The van der Waals surface area contributed by atoms with Gasteiger partial charge >= 0.3 is 22.4 Å². The molecular weight excluding hydrogens is 404 g/mol. The first kappa shape index (κ1) is 17.1. The molecule has 0 aromatic heterocycles. The fraction of sp³-hybridized carbons (Fsp3) is 0. The molecule has 2 rings (SSSR count). The molecule has 7 nitrogen and oxygen atoms in total. The summed E-state index contributed by atoms with van der Waals surface area (Å²) in [5.41, 5.74) is 0. The molecule has 0 amide bonds. The molecule has 20 heavy (non-hydrogen) atoms. The topological polar surface area (TPSA) is 135 Å². The van der Waals surface area contributed by atoms with E-state index in [9.17, 15) is 31.0 Å². The van der Waals surface area contributed by atoms with Crippen LogP contribution in [0.25, 0.3) is 10.8 Å². The van der Waals surface area contributed by atoms with Gasteiger partial charge in [0.15, 0.2) is 0 Å². The Labute approximate surface area is 130 Å². The number of aromatic hydroxyl groups is 1. The van der Waals surface area contributed by atoms with Gasteiger partial charge in [-0.05, 0) is 35.0 Å². The van der Waals surface area contributed by atoms with Crippen molar-refractivity contribution in [2.45, 2.75) is 9.79 Å². The summed E-state index contributed by atoms with van der Waals surface area (Å²) in [6.07, 6.45) is 0. The van der Waals surface area contributed by atoms with E-state index in [1.807, 2.05) is 0 Å². The van der Waals surface area contributed by atoms with Crippen molar-refractivity contribution in [1.82, 2.24) is 0 Å². The number of fused-ring (bicyclic) bond motifs is 1. The van der Waals surface area contributed by atoms with Gasteiger partial charge in [-0.15, -0.1) is 0 Å². The normalized spacial score (nSPS) is 12.1. The largest absolute Gasteiger partial charge is 2.00 e. The smallest absolute Gasteiger partial charge is 0.744 e. The molecule has 0 saturated carbocycles. The molecule has 111 valence electrons. The fourth-order valence-electron chi connectivity index (χ4n) is 1.60. The molecule has 0 fully saturated rings. The van der Waals surface area contributed by atoms with Crippen LogP contribution in [-0.4, -0.2) is 31.0 Å². The van der Waals surface area contributed by atoms with Gasteiger partial charge in [0.1, 0.15) is 26.0 Å². The number of hydrogen-bond donors (Lipinski definition) is 1. The summed E-state index contributed by atoms with van der Waals surface area (Å²) in [6.45, 7) is 0. The average Bonchev–Trinajstić information content (AvgIpc) is 2.24. The van der Waals surface area contributed by atoms with Gasteiger partial charge in [-0.25, -0.2) is 16.8 Å². The van der Waals surface area contributed by atoms with Crippen molar-refractivity contribution >= 4 is 31.0 Å². The molecule has 0 atom stereocenters. The molecule has 2 aromatic rings. The van der Waals surface area contributed by atoms with Crippen molar-refractivity contribution in [1.29, 1.82) is 0 Å². The van der Waals surface area contributed by atoms with Crippen LogP contribution >= 0.6 is 0 Å². The third-order valence-corrected chi connectivity index (χ3v) is 4.14. The van der Waals surface area contributed by atoms with Gasteiger partial charge in [0.2, 0.25) is 0 Å². The van der Waals surface area contributed by atoms with Crippen LogP contribution in [0.15, 0.2) is 40.1 Å². The molecule has 0 saturated heterocycles. The van der Waals surface area contributed by atoms with E-state index in [0.29, 0.717) is 0 Å². The zero-order chi connectivity index (χ0) is 14.4. The Bertz CT molecular complexity index is 872. The van der Waals surface area contributed by atoms with Crippen molar-refractivity contribution < 1.29 is 53.4 Å². The monoisotopic (exact) mass is 409 g/mol.